The molecule has 0 unspecified atom stereocenters. The summed E-state index contributed by atoms with van der Waals surface area (Å²) in [6.45, 7) is 4.83. The van der Waals surface area contributed by atoms with Crippen molar-refractivity contribution in [2.24, 2.45) is 27.6 Å². The number of nitrogens with zero attached hydrogens (tertiary/aromatic N) is 2. The normalized spacial score (nSPS) is 24.5. The van der Waals surface area contributed by atoms with E-state index in [1.165, 1.54) is 4.90 Å². The van der Waals surface area contributed by atoms with Crippen LogP contribution < -0.4 is 27.3 Å². The van der Waals surface area contributed by atoms with Crippen LogP contribution in [0.15, 0.2) is 22.7 Å². The van der Waals surface area contributed by atoms with Gasteiger partial charge in [-0.3, -0.25) is 4.79 Å². The number of nitrogens with one attached hydrogen (secondary N) is 1. The highest BCUT2D eigenvalue weighted by atomic mass is 16.5. The summed E-state index contributed by atoms with van der Waals surface area (Å²) in [5.41, 5.74) is 22.4. The van der Waals surface area contributed by atoms with Crippen LogP contribution in [0.2, 0.25) is 0 Å². The van der Waals surface area contributed by atoms with Gasteiger partial charge < -0.3 is 32.2 Å². The van der Waals surface area contributed by atoms with Gasteiger partial charge in [0.15, 0.2) is 0 Å². The van der Waals surface area contributed by atoms with Gasteiger partial charge in [-0.05, 0) is 55.2 Å². The number of benzene rings is 1. The summed E-state index contributed by atoms with van der Waals surface area (Å²) in [5, 5.41) is 3.39. The second kappa shape index (κ2) is 8.16. The van der Waals surface area contributed by atoms with E-state index in [1.54, 1.807) is 7.05 Å². The Balaban J connectivity index is 1.83. The fourth-order valence-electron chi connectivity index (χ4n) is 4.98. The lowest BCUT2D eigenvalue weighted by molar-refractivity contribution is 0.0784. The Labute approximate surface area is 183 Å². The molecule has 1 aromatic rings. The molecule has 8 nitrogen and oxygen atoms in total. The van der Waals surface area contributed by atoms with E-state index in [-0.39, 0.29) is 30.1 Å². The van der Waals surface area contributed by atoms with Crippen LogP contribution in [0.4, 0.5) is 0 Å². The molecule has 168 valence electrons. The molecule has 31 heavy (non-hydrogen) atoms. The number of amidine groups is 1. The number of aliphatic imine (C=N–C) groups is 1. The lowest BCUT2D eigenvalue weighted by Crippen LogP contribution is -2.41. The van der Waals surface area contributed by atoms with Crippen molar-refractivity contribution >= 4 is 17.4 Å². The summed E-state index contributed by atoms with van der Waals surface area (Å²) >= 11 is 0. The van der Waals surface area contributed by atoms with E-state index < -0.39 is 0 Å². The van der Waals surface area contributed by atoms with E-state index in [1.807, 2.05) is 12.1 Å². The fraction of sp³-hybridized carbons (Fsp3) is 0.565. The fourth-order valence-corrected chi connectivity index (χ4v) is 4.98. The summed E-state index contributed by atoms with van der Waals surface area (Å²) in [6.07, 6.45) is 4.39. The van der Waals surface area contributed by atoms with Crippen LogP contribution in [0.3, 0.4) is 0 Å². The molecule has 2 aliphatic carbocycles. The first-order chi connectivity index (χ1) is 14.7. The average molecular weight is 427 g/mol. The van der Waals surface area contributed by atoms with Crippen LogP contribution in [0.5, 0.6) is 5.75 Å². The van der Waals surface area contributed by atoms with Gasteiger partial charge in [0.05, 0.1) is 24.0 Å². The largest absolute Gasteiger partial charge is 0.490 e. The van der Waals surface area contributed by atoms with Gasteiger partial charge in [0, 0.05) is 24.2 Å². The predicted octanol–water partition coefficient (Wildman–Crippen LogP) is 1.53. The molecule has 0 bridgehead atoms. The Morgan fingerprint density at radius 1 is 1.29 bits per heavy atom. The lowest BCUT2D eigenvalue weighted by Gasteiger charge is -2.39. The molecule has 1 aliphatic heterocycles. The third kappa shape index (κ3) is 3.90. The molecule has 0 atom stereocenters. The summed E-state index contributed by atoms with van der Waals surface area (Å²) in [5.74, 6) is 1.07. The van der Waals surface area contributed by atoms with E-state index in [4.69, 9.17) is 21.9 Å². The van der Waals surface area contributed by atoms with E-state index >= 15 is 0 Å². The lowest BCUT2D eigenvalue weighted by atomic mass is 9.69. The van der Waals surface area contributed by atoms with Gasteiger partial charge in [0.25, 0.3) is 5.91 Å². The molecule has 0 aromatic heterocycles. The summed E-state index contributed by atoms with van der Waals surface area (Å²) in [4.78, 5) is 19.4. The maximum atomic E-state index is 13.5. The van der Waals surface area contributed by atoms with E-state index in [0.717, 1.165) is 48.1 Å². The Hall–Kier alpha value is -2.58. The molecule has 4 rings (SSSR count). The van der Waals surface area contributed by atoms with Gasteiger partial charge in [0.2, 0.25) is 0 Å². The molecule has 7 N–H and O–H groups in total. The molecule has 1 aromatic carbocycles. The van der Waals surface area contributed by atoms with Crippen molar-refractivity contribution in [3.05, 3.63) is 34.4 Å². The molecule has 1 amide bonds. The number of hydrogen-bond donors (Lipinski definition) is 4. The minimum absolute atomic E-state index is 0.0644. The van der Waals surface area contributed by atoms with Gasteiger partial charge in [0.1, 0.15) is 18.3 Å². The number of carbonyl (C=O) groups excluding carboxylic acids is 1. The summed E-state index contributed by atoms with van der Waals surface area (Å²) in [6, 6.07) is 4.19. The standard InChI is InChI=1S/C23H34N6O2/c1-23(2)10-16-15(20-19(23)21(26)28-12-27-20)8-9-17(18(16)22(30)29(3)11-24)31-14-6-4-13(25)5-7-14/h8-9,13-14,27H,4-7,10-12,24-25H2,1-3H3,(H2,26,28). The monoisotopic (exact) mass is 426 g/mol. The SMILES string of the molecule is CN(CN)C(=O)c1c(OC2CCC(N)CC2)ccc2c1CC(C)(C)C1=C2NCN=C1N. The average Bonchev–Trinajstić information content (AvgIpc) is 2.73. The molecule has 8 heteroatoms. The van der Waals surface area contributed by atoms with Gasteiger partial charge in [-0.1, -0.05) is 13.8 Å². The minimum atomic E-state index is -0.282. The Kier molecular flexibility index (Phi) is 5.70. The third-order valence-electron chi connectivity index (χ3n) is 6.70. The van der Waals surface area contributed by atoms with Crippen molar-refractivity contribution in [1.82, 2.24) is 10.2 Å². The number of amides is 1. The maximum absolute atomic E-state index is 13.5. The first kappa shape index (κ1) is 21.6. The molecule has 1 heterocycles. The third-order valence-corrected chi connectivity index (χ3v) is 6.70. The van der Waals surface area contributed by atoms with E-state index in [0.29, 0.717) is 30.2 Å². The zero-order chi connectivity index (χ0) is 22.3. The number of rotatable bonds is 4. The second-order valence-corrected chi connectivity index (χ2v) is 9.49. The van der Waals surface area contributed by atoms with Crippen LogP contribution in [-0.2, 0) is 6.42 Å². The van der Waals surface area contributed by atoms with Crippen molar-refractivity contribution in [3.8, 4) is 5.75 Å². The van der Waals surface area contributed by atoms with Gasteiger partial charge in [-0.2, -0.15) is 0 Å². The molecular formula is C23H34N6O2. The topological polar surface area (TPSA) is 132 Å². The number of fused-ring (bicyclic) bond motifs is 2. The summed E-state index contributed by atoms with van der Waals surface area (Å²) < 4.78 is 6.41. The number of hydrogen-bond acceptors (Lipinski definition) is 7. The van der Waals surface area contributed by atoms with Gasteiger partial charge in [-0.15, -0.1) is 0 Å². The van der Waals surface area contributed by atoms with Crippen molar-refractivity contribution < 1.29 is 9.53 Å². The Bertz CT molecular complexity index is 944. The van der Waals surface area contributed by atoms with Crippen molar-refractivity contribution in [2.45, 2.75) is 58.1 Å². The molecule has 1 saturated carbocycles. The van der Waals surface area contributed by atoms with E-state index in [2.05, 4.69) is 24.2 Å². The maximum Gasteiger partial charge on any atom is 0.258 e. The Morgan fingerprint density at radius 2 is 2.00 bits per heavy atom. The van der Waals surface area contributed by atoms with Crippen LogP contribution >= 0.6 is 0 Å². The highest BCUT2D eigenvalue weighted by molar-refractivity contribution is 6.08. The molecule has 3 aliphatic rings. The number of carbonyl (C=O) groups is 1. The minimum Gasteiger partial charge on any atom is -0.490 e. The molecule has 0 saturated heterocycles. The molecule has 1 fully saturated rings. The molecule has 0 radical (unpaired) electrons. The highest BCUT2D eigenvalue weighted by Gasteiger charge is 2.40. The zero-order valence-corrected chi connectivity index (χ0v) is 18.7. The van der Waals surface area contributed by atoms with E-state index in [9.17, 15) is 4.79 Å². The van der Waals surface area contributed by atoms with Gasteiger partial charge >= 0.3 is 0 Å². The second-order valence-electron chi connectivity index (χ2n) is 9.49. The number of ether oxygens (including phenoxy) is 1. The Morgan fingerprint density at radius 3 is 2.68 bits per heavy atom. The zero-order valence-electron chi connectivity index (χ0n) is 18.7. The first-order valence-corrected chi connectivity index (χ1v) is 11.1. The van der Waals surface area contributed by atoms with Crippen molar-refractivity contribution in [3.63, 3.8) is 0 Å². The smallest absolute Gasteiger partial charge is 0.258 e. The number of nitrogens with two attached hydrogens (primary N) is 3. The van der Waals surface area contributed by atoms with Crippen molar-refractivity contribution in [1.29, 1.82) is 0 Å². The van der Waals surface area contributed by atoms with Gasteiger partial charge in [-0.25, -0.2) is 4.99 Å². The van der Waals surface area contributed by atoms with Crippen LogP contribution in [0.25, 0.3) is 5.70 Å². The predicted molar refractivity (Wildman–Crippen MR) is 122 cm³/mol. The highest BCUT2D eigenvalue weighted by Crippen LogP contribution is 2.46. The van der Waals surface area contributed by atoms with Crippen LogP contribution in [-0.4, -0.2) is 49.2 Å². The van der Waals surface area contributed by atoms with Crippen LogP contribution in [0, 0.1) is 5.41 Å². The van der Waals surface area contributed by atoms with Crippen molar-refractivity contribution in [2.75, 3.05) is 20.4 Å². The first-order valence-electron chi connectivity index (χ1n) is 11.1. The van der Waals surface area contributed by atoms with Crippen LogP contribution in [0.1, 0.15) is 61.0 Å². The quantitative estimate of drug-likeness (QED) is 0.540. The summed E-state index contributed by atoms with van der Waals surface area (Å²) in [7, 11) is 1.72. The molecular weight excluding hydrogens is 392 g/mol. The molecule has 0 spiro atoms.